The van der Waals surface area contributed by atoms with Crippen LogP contribution in [0.4, 0.5) is 5.95 Å². The van der Waals surface area contributed by atoms with Crippen molar-refractivity contribution in [1.82, 2.24) is 24.8 Å². The lowest BCUT2D eigenvalue weighted by Gasteiger charge is -2.32. The van der Waals surface area contributed by atoms with Gasteiger partial charge >= 0.3 is 0 Å². The van der Waals surface area contributed by atoms with Crippen molar-refractivity contribution in [3.63, 3.8) is 0 Å². The van der Waals surface area contributed by atoms with E-state index in [0.717, 1.165) is 23.1 Å². The van der Waals surface area contributed by atoms with Crippen molar-refractivity contribution in [2.75, 3.05) is 31.1 Å². The summed E-state index contributed by atoms with van der Waals surface area (Å²) in [5.74, 6) is 0.340. The van der Waals surface area contributed by atoms with Gasteiger partial charge in [-0.1, -0.05) is 30.3 Å². The van der Waals surface area contributed by atoms with Crippen LogP contribution in [-0.2, 0) is 11.3 Å². The van der Waals surface area contributed by atoms with Gasteiger partial charge in [-0.15, -0.1) is 0 Å². The molecule has 0 aliphatic carbocycles. The third-order valence-electron chi connectivity index (χ3n) is 6.36. The van der Waals surface area contributed by atoms with Gasteiger partial charge in [0.15, 0.2) is 5.65 Å². The van der Waals surface area contributed by atoms with Gasteiger partial charge in [0.1, 0.15) is 0 Å². The first kappa shape index (κ1) is 23.2. The van der Waals surface area contributed by atoms with E-state index in [2.05, 4.69) is 10.3 Å². The number of carbonyl (C=O) groups is 2. The number of amides is 2. The molecule has 5 rings (SSSR count). The molecule has 1 saturated heterocycles. The molecule has 1 aliphatic heterocycles. The lowest BCUT2D eigenvalue weighted by Crippen LogP contribution is -2.46. The van der Waals surface area contributed by atoms with Crippen molar-refractivity contribution in [2.24, 2.45) is 0 Å². The Morgan fingerprint density at radius 2 is 1.67 bits per heavy atom. The van der Waals surface area contributed by atoms with Gasteiger partial charge in [0.25, 0.3) is 11.5 Å². The van der Waals surface area contributed by atoms with E-state index in [1.807, 2.05) is 42.2 Å². The van der Waals surface area contributed by atoms with E-state index in [0.29, 0.717) is 55.6 Å². The van der Waals surface area contributed by atoms with E-state index >= 15 is 0 Å². The zero-order chi connectivity index (χ0) is 25.1. The van der Waals surface area contributed by atoms with Crippen LogP contribution >= 0.6 is 0 Å². The van der Waals surface area contributed by atoms with Crippen LogP contribution in [0.3, 0.4) is 0 Å². The largest absolute Gasteiger partial charge is 0.348 e. The van der Waals surface area contributed by atoms with Crippen molar-refractivity contribution in [2.45, 2.75) is 13.5 Å². The molecule has 3 heterocycles. The Morgan fingerprint density at radius 1 is 0.944 bits per heavy atom. The maximum atomic E-state index is 13.0. The van der Waals surface area contributed by atoms with E-state index in [-0.39, 0.29) is 11.5 Å². The van der Waals surface area contributed by atoms with E-state index in [4.69, 9.17) is 4.98 Å². The van der Waals surface area contributed by atoms with Crippen LogP contribution in [-0.4, -0.2) is 57.9 Å². The van der Waals surface area contributed by atoms with Gasteiger partial charge in [0, 0.05) is 49.7 Å². The van der Waals surface area contributed by atoms with E-state index in [1.54, 1.807) is 39.8 Å². The normalized spacial score (nSPS) is 13.6. The highest BCUT2D eigenvalue weighted by molar-refractivity contribution is 5.94. The third-order valence-corrected chi connectivity index (χ3v) is 6.36. The number of hydrogen-bond acceptors (Lipinski definition) is 6. The number of nitrogens with zero attached hydrogens (tertiary/aromatic N) is 5. The summed E-state index contributed by atoms with van der Waals surface area (Å²) in [5.41, 5.74) is 3.17. The van der Waals surface area contributed by atoms with E-state index in [1.165, 1.54) is 6.07 Å². The maximum absolute atomic E-state index is 13.0. The molecule has 1 N–H and O–H groups in total. The molecule has 36 heavy (non-hydrogen) atoms. The molecule has 2 aromatic carbocycles. The van der Waals surface area contributed by atoms with Crippen LogP contribution in [0, 0.1) is 6.92 Å². The van der Waals surface area contributed by atoms with Gasteiger partial charge < -0.3 is 15.1 Å². The quantitative estimate of drug-likeness (QED) is 0.424. The van der Waals surface area contributed by atoms with E-state index < -0.39 is 0 Å². The second kappa shape index (κ2) is 9.99. The number of nitrogens with one attached hydrogen (secondary N) is 1. The standard InChI is InChI=1S/C27H26N6O3/c1-19-23-11-12-24(35)33(25(23)30-27(29-19)32-15-13-31(18-34)14-16-32)22-9-7-21(8-10-22)26(36)28-17-20-5-3-2-4-6-20/h2-12,18H,13-17H2,1H3,(H,28,36). The second-order valence-corrected chi connectivity index (χ2v) is 8.70. The number of aryl methyl sites for hydroxylation is 1. The smallest absolute Gasteiger partial charge is 0.256 e. The molecule has 1 aliphatic rings. The summed E-state index contributed by atoms with van der Waals surface area (Å²) in [6, 6.07) is 19.8. The number of piperazine rings is 1. The van der Waals surface area contributed by atoms with Crippen LogP contribution in [0.25, 0.3) is 16.7 Å². The predicted molar refractivity (Wildman–Crippen MR) is 137 cm³/mol. The molecule has 9 heteroatoms. The molecule has 2 aromatic heterocycles. The molecule has 2 amide bonds. The minimum Gasteiger partial charge on any atom is -0.348 e. The summed E-state index contributed by atoms with van der Waals surface area (Å²) >= 11 is 0. The van der Waals surface area contributed by atoms with Crippen molar-refractivity contribution in [3.05, 3.63) is 93.9 Å². The van der Waals surface area contributed by atoms with Crippen molar-refractivity contribution in [3.8, 4) is 5.69 Å². The Balaban J connectivity index is 1.44. The SMILES string of the molecule is Cc1nc(N2CCN(C=O)CC2)nc2c1ccc(=O)n2-c1ccc(C(=O)NCc2ccccc2)cc1. The Labute approximate surface area is 208 Å². The first-order valence-corrected chi connectivity index (χ1v) is 11.8. The Bertz CT molecular complexity index is 1460. The van der Waals surface area contributed by atoms with Gasteiger partial charge in [0.2, 0.25) is 12.4 Å². The lowest BCUT2D eigenvalue weighted by atomic mass is 10.1. The number of anilines is 1. The summed E-state index contributed by atoms with van der Waals surface area (Å²) in [7, 11) is 0. The predicted octanol–water partition coefficient (Wildman–Crippen LogP) is 2.30. The van der Waals surface area contributed by atoms with Gasteiger partial charge in [0.05, 0.1) is 11.4 Å². The van der Waals surface area contributed by atoms with Crippen LogP contribution in [0.15, 0.2) is 71.5 Å². The number of hydrogen-bond donors (Lipinski definition) is 1. The van der Waals surface area contributed by atoms with Gasteiger partial charge in [-0.3, -0.25) is 19.0 Å². The average molecular weight is 483 g/mol. The molecule has 0 saturated carbocycles. The van der Waals surface area contributed by atoms with E-state index in [9.17, 15) is 14.4 Å². The number of pyridine rings is 1. The zero-order valence-corrected chi connectivity index (χ0v) is 19.9. The highest BCUT2D eigenvalue weighted by Crippen LogP contribution is 2.21. The molecule has 0 atom stereocenters. The summed E-state index contributed by atoms with van der Waals surface area (Å²) in [6.45, 7) is 4.76. The summed E-state index contributed by atoms with van der Waals surface area (Å²) < 4.78 is 1.54. The fraction of sp³-hybridized carbons (Fsp3) is 0.222. The van der Waals surface area contributed by atoms with Crippen molar-refractivity contribution in [1.29, 1.82) is 0 Å². The number of carbonyl (C=O) groups excluding carboxylic acids is 2. The van der Waals surface area contributed by atoms with Crippen LogP contribution < -0.4 is 15.8 Å². The first-order valence-electron chi connectivity index (χ1n) is 11.8. The minimum absolute atomic E-state index is 0.189. The lowest BCUT2D eigenvalue weighted by molar-refractivity contribution is -0.118. The fourth-order valence-electron chi connectivity index (χ4n) is 4.31. The number of fused-ring (bicyclic) bond motifs is 1. The Morgan fingerprint density at radius 3 is 2.36 bits per heavy atom. The highest BCUT2D eigenvalue weighted by atomic mass is 16.2. The van der Waals surface area contributed by atoms with Gasteiger partial charge in [-0.2, -0.15) is 4.98 Å². The Hall–Kier alpha value is -4.53. The Kier molecular flexibility index (Phi) is 6.44. The topological polar surface area (TPSA) is 100 Å². The molecule has 0 bridgehead atoms. The highest BCUT2D eigenvalue weighted by Gasteiger charge is 2.20. The molecular weight excluding hydrogens is 456 g/mol. The molecule has 0 spiro atoms. The third kappa shape index (κ3) is 4.68. The van der Waals surface area contributed by atoms with Crippen LogP contribution in [0.1, 0.15) is 21.6 Å². The monoisotopic (exact) mass is 482 g/mol. The molecule has 4 aromatic rings. The van der Waals surface area contributed by atoms with Crippen molar-refractivity contribution >= 4 is 29.3 Å². The average Bonchev–Trinajstić information content (AvgIpc) is 2.92. The number of rotatable bonds is 6. The van der Waals surface area contributed by atoms with Gasteiger partial charge in [-0.25, -0.2) is 4.98 Å². The first-order chi connectivity index (χ1) is 17.5. The zero-order valence-electron chi connectivity index (χ0n) is 19.9. The molecule has 1 fully saturated rings. The number of aromatic nitrogens is 3. The molecular formula is C27H26N6O3. The molecule has 0 unspecified atom stereocenters. The molecule has 0 radical (unpaired) electrons. The van der Waals surface area contributed by atoms with Gasteiger partial charge in [-0.05, 0) is 42.8 Å². The van der Waals surface area contributed by atoms with Crippen LogP contribution in [0.5, 0.6) is 0 Å². The summed E-state index contributed by atoms with van der Waals surface area (Å²) in [6.07, 6.45) is 0.854. The molecule has 182 valence electrons. The summed E-state index contributed by atoms with van der Waals surface area (Å²) in [5, 5.41) is 3.69. The van der Waals surface area contributed by atoms with Crippen LogP contribution in [0.2, 0.25) is 0 Å². The second-order valence-electron chi connectivity index (χ2n) is 8.70. The number of benzene rings is 2. The van der Waals surface area contributed by atoms with Crippen molar-refractivity contribution < 1.29 is 9.59 Å². The minimum atomic E-state index is -0.224. The summed E-state index contributed by atoms with van der Waals surface area (Å²) in [4.78, 5) is 49.8. The molecule has 9 nitrogen and oxygen atoms in total. The fourth-order valence-corrected chi connectivity index (χ4v) is 4.31. The maximum Gasteiger partial charge on any atom is 0.256 e.